The van der Waals surface area contributed by atoms with Crippen LogP contribution < -0.4 is 0 Å². The molecule has 2 bridgehead atoms. The molecule has 1 aromatic rings. The first-order valence-electron chi connectivity index (χ1n) is 16.5. The topological polar surface area (TPSA) is 93.1 Å². The van der Waals surface area contributed by atoms with Crippen molar-refractivity contribution in [3.63, 3.8) is 0 Å². The summed E-state index contributed by atoms with van der Waals surface area (Å²) >= 11 is 0. The first kappa shape index (κ1) is 32.0. The SMILES string of the molecule is CC(=O)OC1CC2(C)C=CC(CCC(C)CCCc3ccccc3)C3(C(O)CCC(C)(C)C13)C2(O)CCC1=CC(=O)OC1. The number of benzene rings is 1. The van der Waals surface area contributed by atoms with E-state index >= 15 is 0 Å². The molecule has 236 valence electrons. The quantitative estimate of drug-likeness (QED) is 0.219. The molecule has 0 aromatic heterocycles. The summed E-state index contributed by atoms with van der Waals surface area (Å²) in [6, 6.07) is 10.6. The lowest BCUT2D eigenvalue weighted by Crippen LogP contribution is -2.78. The summed E-state index contributed by atoms with van der Waals surface area (Å²) < 4.78 is 11.3. The molecule has 8 atom stereocenters. The lowest BCUT2D eigenvalue weighted by molar-refractivity contribution is -0.324. The molecule has 3 aliphatic carbocycles. The molecule has 5 rings (SSSR count). The number of aliphatic hydroxyl groups excluding tert-OH is 1. The fraction of sp³-hybridized carbons (Fsp3) is 0.676. The van der Waals surface area contributed by atoms with Gasteiger partial charge in [0.1, 0.15) is 12.7 Å². The summed E-state index contributed by atoms with van der Waals surface area (Å²) in [5.74, 6) is -0.440. The number of hydrogen-bond donors (Lipinski definition) is 2. The fourth-order valence-corrected chi connectivity index (χ4v) is 9.75. The van der Waals surface area contributed by atoms with Gasteiger partial charge in [-0.2, -0.15) is 0 Å². The van der Waals surface area contributed by atoms with Crippen LogP contribution in [0.4, 0.5) is 0 Å². The highest BCUT2D eigenvalue weighted by molar-refractivity contribution is 5.85. The molecule has 6 heteroatoms. The number of rotatable bonds is 11. The van der Waals surface area contributed by atoms with E-state index in [0.717, 1.165) is 44.1 Å². The van der Waals surface area contributed by atoms with Crippen molar-refractivity contribution in [1.82, 2.24) is 0 Å². The van der Waals surface area contributed by atoms with Gasteiger partial charge in [0.05, 0.1) is 11.7 Å². The highest BCUT2D eigenvalue weighted by Gasteiger charge is 2.76. The molecule has 6 nitrogen and oxygen atoms in total. The van der Waals surface area contributed by atoms with Gasteiger partial charge in [-0.1, -0.05) is 83.0 Å². The van der Waals surface area contributed by atoms with Crippen LogP contribution in [0.2, 0.25) is 0 Å². The van der Waals surface area contributed by atoms with Crippen molar-refractivity contribution in [2.45, 2.75) is 117 Å². The average molecular weight is 593 g/mol. The molecule has 43 heavy (non-hydrogen) atoms. The molecule has 8 unspecified atom stereocenters. The Balaban J connectivity index is 1.48. The molecule has 2 saturated carbocycles. The molecule has 2 N–H and O–H groups in total. The Labute approximate surface area is 257 Å². The highest BCUT2D eigenvalue weighted by atomic mass is 16.5. The minimum Gasteiger partial charge on any atom is -0.462 e. The van der Waals surface area contributed by atoms with Gasteiger partial charge in [0.25, 0.3) is 0 Å². The van der Waals surface area contributed by atoms with Gasteiger partial charge >= 0.3 is 11.9 Å². The van der Waals surface area contributed by atoms with Crippen LogP contribution in [0, 0.1) is 34.0 Å². The third-order valence-corrected chi connectivity index (χ3v) is 11.8. The van der Waals surface area contributed by atoms with Crippen LogP contribution in [0.5, 0.6) is 0 Å². The number of allylic oxidation sites excluding steroid dienone is 1. The minimum atomic E-state index is -1.26. The van der Waals surface area contributed by atoms with Gasteiger partial charge in [0.2, 0.25) is 0 Å². The second-order valence-electron chi connectivity index (χ2n) is 15.0. The molecule has 1 spiro atoms. The van der Waals surface area contributed by atoms with Crippen LogP contribution in [0.3, 0.4) is 0 Å². The second-order valence-corrected chi connectivity index (χ2v) is 15.0. The molecule has 1 aromatic carbocycles. The third kappa shape index (κ3) is 5.75. The first-order chi connectivity index (χ1) is 20.3. The zero-order valence-electron chi connectivity index (χ0n) is 26.8. The van der Waals surface area contributed by atoms with Gasteiger partial charge in [-0.15, -0.1) is 0 Å². The van der Waals surface area contributed by atoms with Gasteiger partial charge in [-0.05, 0) is 79.8 Å². The smallest absolute Gasteiger partial charge is 0.331 e. The van der Waals surface area contributed by atoms with Crippen molar-refractivity contribution in [3.05, 3.63) is 59.7 Å². The van der Waals surface area contributed by atoms with E-state index in [9.17, 15) is 19.8 Å². The van der Waals surface area contributed by atoms with Gasteiger partial charge in [-0.25, -0.2) is 4.79 Å². The molecule has 0 amide bonds. The van der Waals surface area contributed by atoms with E-state index in [1.807, 2.05) is 0 Å². The van der Waals surface area contributed by atoms with E-state index in [-0.39, 0.29) is 35.8 Å². The number of esters is 2. The second kappa shape index (κ2) is 12.2. The Morgan fingerprint density at radius 1 is 1.14 bits per heavy atom. The molecule has 0 saturated heterocycles. The Morgan fingerprint density at radius 2 is 1.88 bits per heavy atom. The maximum absolute atomic E-state index is 13.3. The van der Waals surface area contributed by atoms with Crippen LogP contribution in [0.1, 0.15) is 98.0 Å². The number of hydrogen-bond acceptors (Lipinski definition) is 6. The molecular formula is C37H52O6. The standard InChI is InChI=1S/C37H52O6/c1-25(10-9-13-27-11-7-6-8-12-27)14-15-29-17-20-35(5)23-30(43-26(2)38)33-34(3,4)19-18-31(39)37(29,33)36(35,41)21-16-28-22-32(40)42-24-28/h6-8,11-12,17,20,22,25,29-31,33,39,41H,9-10,13-16,18-19,21,23-24H2,1-5H3. The normalized spacial score (nSPS) is 36.8. The minimum absolute atomic E-state index is 0.0736. The summed E-state index contributed by atoms with van der Waals surface area (Å²) in [4.78, 5) is 24.3. The summed E-state index contributed by atoms with van der Waals surface area (Å²) in [5.41, 5.74) is -0.880. The summed E-state index contributed by atoms with van der Waals surface area (Å²) in [5, 5.41) is 25.5. The third-order valence-electron chi connectivity index (χ3n) is 11.8. The Morgan fingerprint density at radius 3 is 2.56 bits per heavy atom. The molecule has 0 radical (unpaired) electrons. The average Bonchev–Trinajstić information content (AvgIpc) is 3.36. The predicted molar refractivity (Wildman–Crippen MR) is 167 cm³/mol. The molecule has 1 heterocycles. The lowest BCUT2D eigenvalue weighted by atomic mass is 9.33. The molecule has 4 aliphatic rings. The summed E-state index contributed by atoms with van der Waals surface area (Å²) in [7, 11) is 0. The van der Waals surface area contributed by atoms with Crippen molar-refractivity contribution in [2.75, 3.05) is 6.61 Å². The van der Waals surface area contributed by atoms with Crippen LogP contribution in [-0.4, -0.2) is 46.6 Å². The zero-order chi connectivity index (χ0) is 31.0. The van der Waals surface area contributed by atoms with Crippen molar-refractivity contribution in [2.24, 2.45) is 34.0 Å². The van der Waals surface area contributed by atoms with Crippen LogP contribution in [-0.2, 0) is 25.5 Å². The molecule has 2 fully saturated rings. The van der Waals surface area contributed by atoms with E-state index in [0.29, 0.717) is 31.6 Å². The summed E-state index contributed by atoms with van der Waals surface area (Å²) in [6.45, 7) is 10.5. The molecular weight excluding hydrogens is 540 g/mol. The Kier molecular flexibility index (Phi) is 9.04. The number of aryl methyl sites for hydroxylation is 1. The Bertz CT molecular complexity index is 1230. The van der Waals surface area contributed by atoms with Crippen LogP contribution >= 0.6 is 0 Å². The van der Waals surface area contributed by atoms with Gasteiger partial charge in [0, 0.05) is 29.7 Å². The van der Waals surface area contributed by atoms with Crippen LogP contribution in [0.25, 0.3) is 0 Å². The number of carbonyl (C=O) groups excluding carboxylic acids is 2. The number of ether oxygens (including phenoxy) is 2. The zero-order valence-corrected chi connectivity index (χ0v) is 26.8. The maximum atomic E-state index is 13.3. The van der Waals surface area contributed by atoms with Gasteiger partial charge < -0.3 is 19.7 Å². The van der Waals surface area contributed by atoms with E-state index in [4.69, 9.17) is 9.47 Å². The lowest BCUT2D eigenvalue weighted by Gasteiger charge is -2.73. The Hall–Kier alpha value is -2.44. The van der Waals surface area contributed by atoms with E-state index in [1.165, 1.54) is 12.5 Å². The number of cyclic esters (lactones) is 1. The predicted octanol–water partition coefficient (Wildman–Crippen LogP) is 6.73. The van der Waals surface area contributed by atoms with Crippen molar-refractivity contribution < 1.29 is 29.3 Å². The monoisotopic (exact) mass is 592 g/mol. The summed E-state index contributed by atoms with van der Waals surface area (Å²) in [6.07, 6.45) is 12.8. The fourth-order valence-electron chi connectivity index (χ4n) is 9.75. The molecule has 1 aliphatic heterocycles. The van der Waals surface area contributed by atoms with Gasteiger partial charge in [0.15, 0.2) is 0 Å². The largest absolute Gasteiger partial charge is 0.462 e. The number of carbonyl (C=O) groups is 2. The highest BCUT2D eigenvalue weighted by Crippen LogP contribution is 2.73. The number of fused-ring (bicyclic) bond motifs is 1. The van der Waals surface area contributed by atoms with Crippen molar-refractivity contribution in [1.29, 1.82) is 0 Å². The maximum Gasteiger partial charge on any atom is 0.331 e. The van der Waals surface area contributed by atoms with E-state index < -0.39 is 28.6 Å². The van der Waals surface area contributed by atoms with Crippen molar-refractivity contribution in [3.8, 4) is 0 Å². The van der Waals surface area contributed by atoms with E-state index in [2.05, 4.69) is 70.2 Å². The number of aliphatic hydroxyl groups is 2. The van der Waals surface area contributed by atoms with Crippen molar-refractivity contribution >= 4 is 11.9 Å². The van der Waals surface area contributed by atoms with Crippen LogP contribution in [0.15, 0.2) is 54.1 Å². The van der Waals surface area contributed by atoms with Gasteiger partial charge in [-0.3, -0.25) is 4.79 Å². The van der Waals surface area contributed by atoms with E-state index in [1.54, 1.807) is 6.08 Å². The first-order valence-corrected chi connectivity index (χ1v) is 16.5.